The number of benzene rings is 4. The van der Waals surface area contributed by atoms with Gasteiger partial charge in [0.2, 0.25) is 0 Å². The Morgan fingerprint density at radius 1 is 0.829 bits per heavy atom. The Balaban J connectivity index is 1.36. The number of hydrazone groups is 1. The molecule has 10 heteroatoms. The van der Waals surface area contributed by atoms with Crippen LogP contribution in [0.4, 0.5) is 11.4 Å². The van der Waals surface area contributed by atoms with Gasteiger partial charge in [0.05, 0.1) is 16.8 Å². The fourth-order valence-corrected chi connectivity index (χ4v) is 5.21. The third-order valence-electron chi connectivity index (χ3n) is 6.11. The van der Waals surface area contributed by atoms with Gasteiger partial charge in [-0.25, -0.2) is 13.8 Å². The zero-order chi connectivity index (χ0) is 29.2. The van der Waals surface area contributed by atoms with Gasteiger partial charge in [0, 0.05) is 5.69 Å². The standard InChI is InChI=1S/C31H30N4O5S/c1-23-13-16-27(19-24(23)2)35(41(38,39)29-11-7-4-8-12-29)21-30(36)34-32-20-25-14-17-28(18-15-25)40-22-31(37)33-26-9-5-3-6-10-26/h3-20H,21-22H2,1-2H3,(H,33,37)(H,34,36)/b32-20-. The molecular weight excluding hydrogens is 540 g/mol. The first-order chi connectivity index (χ1) is 19.7. The Bertz CT molecular complexity index is 1620. The molecule has 0 fully saturated rings. The summed E-state index contributed by atoms with van der Waals surface area (Å²) >= 11 is 0. The molecule has 9 nitrogen and oxygen atoms in total. The summed E-state index contributed by atoms with van der Waals surface area (Å²) in [5.74, 6) is -0.401. The second-order valence-corrected chi connectivity index (χ2v) is 11.0. The van der Waals surface area contributed by atoms with Crippen molar-refractivity contribution in [1.82, 2.24) is 5.43 Å². The number of ether oxygens (including phenoxy) is 1. The Hall–Kier alpha value is -4.96. The number of carbonyl (C=O) groups is 2. The van der Waals surface area contributed by atoms with E-state index in [9.17, 15) is 18.0 Å². The van der Waals surface area contributed by atoms with E-state index >= 15 is 0 Å². The molecule has 0 aliphatic heterocycles. The number of para-hydroxylation sites is 1. The number of hydrogen-bond donors (Lipinski definition) is 2. The summed E-state index contributed by atoms with van der Waals surface area (Å²) < 4.78 is 33.5. The average molecular weight is 571 g/mol. The maximum atomic E-state index is 13.4. The van der Waals surface area contributed by atoms with Crippen LogP contribution >= 0.6 is 0 Å². The van der Waals surface area contributed by atoms with Crippen LogP contribution in [-0.4, -0.2) is 39.6 Å². The highest BCUT2D eigenvalue weighted by molar-refractivity contribution is 7.92. The molecule has 0 bridgehead atoms. The van der Waals surface area contributed by atoms with E-state index in [1.54, 1.807) is 66.7 Å². The van der Waals surface area contributed by atoms with Gasteiger partial charge in [0.25, 0.3) is 21.8 Å². The zero-order valence-corrected chi connectivity index (χ0v) is 23.5. The van der Waals surface area contributed by atoms with Crippen LogP contribution < -0.4 is 19.8 Å². The van der Waals surface area contributed by atoms with Crippen molar-refractivity contribution >= 4 is 39.4 Å². The SMILES string of the molecule is Cc1ccc(N(CC(=O)N/N=C\c2ccc(OCC(=O)Nc3ccccc3)cc2)S(=O)(=O)c2ccccc2)cc1C. The highest BCUT2D eigenvalue weighted by atomic mass is 32.2. The molecule has 0 saturated heterocycles. The molecule has 0 heterocycles. The van der Waals surface area contributed by atoms with E-state index in [4.69, 9.17) is 4.74 Å². The molecule has 0 atom stereocenters. The summed E-state index contributed by atoms with van der Waals surface area (Å²) in [5.41, 5.74) is 6.03. The van der Waals surface area contributed by atoms with E-state index in [-0.39, 0.29) is 17.4 Å². The van der Waals surface area contributed by atoms with Gasteiger partial charge in [0.15, 0.2) is 6.61 Å². The van der Waals surface area contributed by atoms with E-state index < -0.39 is 22.5 Å². The number of carbonyl (C=O) groups excluding carboxylic acids is 2. The van der Waals surface area contributed by atoms with E-state index in [2.05, 4.69) is 15.8 Å². The van der Waals surface area contributed by atoms with Gasteiger partial charge in [-0.1, -0.05) is 42.5 Å². The van der Waals surface area contributed by atoms with Crippen molar-refractivity contribution in [1.29, 1.82) is 0 Å². The first-order valence-corrected chi connectivity index (χ1v) is 14.2. The predicted octanol–water partition coefficient (Wildman–Crippen LogP) is 4.67. The van der Waals surface area contributed by atoms with Gasteiger partial charge in [-0.3, -0.25) is 13.9 Å². The van der Waals surface area contributed by atoms with E-state index in [1.807, 2.05) is 38.1 Å². The van der Waals surface area contributed by atoms with Crippen LogP contribution in [0.15, 0.2) is 113 Å². The highest BCUT2D eigenvalue weighted by Crippen LogP contribution is 2.25. The fourth-order valence-electron chi connectivity index (χ4n) is 3.78. The summed E-state index contributed by atoms with van der Waals surface area (Å²) in [6, 6.07) is 29.0. The number of sulfonamides is 1. The van der Waals surface area contributed by atoms with Crippen molar-refractivity contribution < 1.29 is 22.7 Å². The number of nitrogens with one attached hydrogen (secondary N) is 2. The molecule has 0 aliphatic rings. The molecule has 4 aromatic rings. The van der Waals surface area contributed by atoms with E-state index in [0.717, 1.165) is 15.4 Å². The third-order valence-corrected chi connectivity index (χ3v) is 7.90. The minimum Gasteiger partial charge on any atom is -0.484 e. The van der Waals surface area contributed by atoms with Crippen molar-refractivity contribution in [2.45, 2.75) is 18.7 Å². The van der Waals surface area contributed by atoms with Gasteiger partial charge < -0.3 is 10.1 Å². The van der Waals surface area contributed by atoms with Crippen LogP contribution in [0, 0.1) is 13.8 Å². The minimum absolute atomic E-state index is 0.0781. The summed E-state index contributed by atoms with van der Waals surface area (Å²) in [6.07, 6.45) is 1.43. The summed E-state index contributed by atoms with van der Waals surface area (Å²) in [5, 5.41) is 6.72. The topological polar surface area (TPSA) is 117 Å². The average Bonchev–Trinajstić information content (AvgIpc) is 2.98. The number of hydrogen-bond acceptors (Lipinski definition) is 6. The molecule has 210 valence electrons. The molecule has 0 aliphatic carbocycles. The smallest absolute Gasteiger partial charge is 0.264 e. The maximum Gasteiger partial charge on any atom is 0.264 e. The molecule has 2 amide bonds. The largest absolute Gasteiger partial charge is 0.484 e. The lowest BCUT2D eigenvalue weighted by Crippen LogP contribution is -2.39. The van der Waals surface area contributed by atoms with Crippen LogP contribution in [0.3, 0.4) is 0 Å². The Kier molecular flexibility index (Phi) is 9.49. The van der Waals surface area contributed by atoms with Crippen molar-refractivity contribution in [3.05, 3.63) is 120 Å². The van der Waals surface area contributed by atoms with Gasteiger partial charge in [-0.05, 0) is 91.2 Å². The van der Waals surface area contributed by atoms with Crippen LogP contribution in [0.5, 0.6) is 5.75 Å². The van der Waals surface area contributed by atoms with Crippen molar-refractivity contribution in [2.24, 2.45) is 5.10 Å². The number of nitrogens with zero attached hydrogens (tertiary/aromatic N) is 2. The van der Waals surface area contributed by atoms with Crippen molar-refractivity contribution in [2.75, 3.05) is 22.8 Å². The quantitative estimate of drug-likeness (QED) is 0.201. The lowest BCUT2D eigenvalue weighted by molar-refractivity contribution is -0.119. The molecule has 4 aromatic carbocycles. The van der Waals surface area contributed by atoms with Gasteiger partial charge >= 0.3 is 0 Å². The maximum absolute atomic E-state index is 13.4. The van der Waals surface area contributed by atoms with E-state index in [0.29, 0.717) is 22.7 Å². The summed E-state index contributed by atoms with van der Waals surface area (Å²) in [6.45, 7) is 3.19. The van der Waals surface area contributed by atoms with Crippen LogP contribution in [0.25, 0.3) is 0 Å². The summed E-state index contributed by atoms with van der Waals surface area (Å²) in [4.78, 5) is 24.9. The predicted molar refractivity (Wildman–Crippen MR) is 160 cm³/mol. The lowest BCUT2D eigenvalue weighted by Gasteiger charge is -2.24. The Morgan fingerprint density at radius 3 is 2.15 bits per heavy atom. The second-order valence-electron chi connectivity index (χ2n) is 9.16. The number of anilines is 2. The van der Waals surface area contributed by atoms with Gasteiger partial charge in [-0.15, -0.1) is 0 Å². The molecule has 2 N–H and O–H groups in total. The van der Waals surface area contributed by atoms with Gasteiger partial charge in [-0.2, -0.15) is 5.10 Å². The fraction of sp³-hybridized carbons (Fsp3) is 0.129. The Morgan fingerprint density at radius 2 is 1.49 bits per heavy atom. The molecular formula is C31H30N4O5S. The summed E-state index contributed by atoms with van der Waals surface area (Å²) in [7, 11) is -4.01. The first kappa shape index (κ1) is 29.0. The number of aryl methyl sites for hydroxylation is 2. The lowest BCUT2D eigenvalue weighted by atomic mass is 10.1. The minimum atomic E-state index is -4.01. The van der Waals surface area contributed by atoms with Crippen LogP contribution in [0.2, 0.25) is 0 Å². The normalized spacial score (nSPS) is 11.2. The molecule has 41 heavy (non-hydrogen) atoms. The second kappa shape index (κ2) is 13.4. The van der Waals surface area contributed by atoms with Crippen LogP contribution in [0.1, 0.15) is 16.7 Å². The molecule has 0 aromatic heterocycles. The van der Waals surface area contributed by atoms with Gasteiger partial charge in [0.1, 0.15) is 12.3 Å². The number of amides is 2. The molecule has 0 saturated carbocycles. The van der Waals surface area contributed by atoms with Crippen molar-refractivity contribution in [3.8, 4) is 5.75 Å². The Labute approximate surface area is 239 Å². The highest BCUT2D eigenvalue weighted by Gasteiger charge is 2.27. The molecule has 0 unspecified atom stereocenters. The zero-order valence-electron chi connectivity index (χ0n) is 22.7. The molecule has 0 spiro atoms. The monoisotopic (exact) mass is 570 g/mol. The molecule has 4 rings (SSSR count). The van der Waals surface area contributed by atoms with Crippen LogP contribution in [-0.2, 0) is 19.6 Å². The molecule has 0 radical (unpaired) electrons. The first-order valence-electron chi connectivity index (χ1n) is 12.8. The number of rotatable bonds is 11. The third kappa shape index (κ3) is 8.02. The van der Waals surface area contributed by atoms with E-state index in [1.165, 1.54) is 18.3 Å². The van der Waals surface area contributed by atoms with Crippen molar-refractivity contribution in [3.63, 3.8) is 0 Å².